The Balaban J connectivity index is 2.27. The van der Waals surface area contributed by atoms with Crippen LogP contribution in [0.2, 0.25) is 0 Å². The van der Waals surface area contributed by atoms with E-state index in [1.807, 2.05) is 0 Å². The number of imidazole rings is 1. The predicted molar refractivity (Wildman–Crippen MR) is 122 cm³/mol. The molecule has 0 spiro atoms. The zero-order valence-corrected chi connectivity index (χ0v) is 20.6. The lowest BCUT2D eigenvalue weighted by atomic mass is 10.0. The van der Waals surface area contributed by atoms with E-state index in [9.17, 15) is 34.8 Å². The number of fused-ring (bicyclic) bond motifs is 1. The van der Waals surface area contributed by atoms with Crippen molar-refractivity contribution in [3.8, 4) is 5.75 Å². The topological polar surface area (TPSA) is 87.8 Å². The Hall–Kier alpha value is -2.78. The molecule has 1 N–H and O–H groups in total. The van der Waals surface area contributed by atoms with Gasteiger partial charge in [-0.3, -0.25) is 0 Å². The summed E-state index contributed by atoms with van der Waals surface area (Å²) in [6, 6.07) is 1.06. The first-order chi connectivity index (χ1) is 17.3. The lowest BCUT2D eigenvalue weighted by Gasteiger charge is -2.34. The third-order valence-corrected chi connectivity index (χ3v) is 7.35. The maximum Gasteiger partial charge on any atom is 0.511 e. The third kappa shape index (κ3) is 6.38. The second-order valence-corrected chi connectivity index (χ2v) is 10.2. The van der Waals surface area contributed by atoms with Crippen molar-refractivity contribution in [2.45, 2.75) is 43.7 Å². The van der Waals surface area contributed by atoms with E-state index >= 15 is 0 Å². The van der Waals surface area contributed by atoms with Gasteiger partial charge in [0.25, 0.3) is 0 Å². The number of benzene rings is 1. The lowest BCUT2D eigenvalue weighted by molar-refractivity contribution is -0.139. The lowest BCUT2D eigenvalue weighted by Crippen LogP contribution is -2.46. The number of H-pyrrole nitrogens is 1. The molecule has 1 aliphatic rings. The second-order valence-electron chi connectivity index (χ2n) is 8.25. The van der Waals surface area contributed by atoms with Gasteiger partial charge in [0.15, 0.2) is 0 Å². The molecule has 2 aromatic rings. The number of nitrogens with zero attached hydrogens (tertiary/aromatic N) is 3. The Morgan fingerprint density at radius 1 is 1.22 bits per heavy atom. The Kier molecular flexibility index (Phi) is 8.80. The molecule has 1 aromatic carbocycles. The summed E-state index contributed by atoms with van der Waals surface area (Å²) < 4.78 is 118. The maximum absolute atomic E-state index is 13.9. The molecule has 0 amide bonds. The van der Waals surface area contributed by atoms with E-state index in [1.54, 1.807) is 4.90 Å². The number of alkyl halides is 6. The van der Waals surface area contributed by atoms with Crippen LogP contribution >= 0.6 is 0 Å². The Labute approximate surface area is 209 Å². The number of nitrogens with one attached hydrogen (secondary N) is 1. The van der Waals surface area contributed by atoms with Crippen molar-refractivity contribution in [2.75, 3.05) is 31.8 Å². The van der Waals surface area contributed by atoms with Crippen LogP contribution in [-0.2, 0) is 34.0 Å². The van der Waals surface area contributed by atoms with E-state index in [0.29, 0.717) is 12.1 Å². The highest BCUT2D eigenvalue weighted by Crippen LogP contribution is 2.45. The number of sulfonamides is 1. The molecule has 3 rings (SSSR count). The minimum Gasteiger partial charge on any atom is -0.490 e. The monoisotopic (exact) mass is 556 g/mol. The van der Waals surface area contributed by atoms with Crippen LogP contribution in [0.4, 0.5) is 32.0 Å². The fourth-order valence-corrected chi connectivity index (χ4v) is 5.04. The van der Waals surface area contributed by atoms with E-state index in [0.717, 1.165) is 12.1 Å². The zero-order valence-electron chi connectivity index (χ0n) is 19.8. The molecule has 2 heterocycles. The molecule has 206 valence electrons. The molecular weight excluding hydrogens is 530 g/mol. The van der Waals surface area contributed by atoms with Crippen LogP contribution in [-0.4, -0.2) is 61.1 Å². The molecule has 0 radical (unpaired) electrons. The van der Waals surface area contributed by atoms with E-state index in [1.165, 1.54) is 25.7 Å². The fourth-order valence-electron chi connectivity index (χ4n) is 4.08. The van der Waals surface area contributed by atoms with Crippen molar-refractivity contribution in [2.24, 2.45) is 0 Å². The maximum atomic E-state index is 13.9. The van der Waals surface area contributed by atoms with Gasteiger partial charge in [0.2, 0.25) is 0 Å². The molecule has 8 nitrogen and oxygen atoms in total. The van der Waals surface area contributed by atoms with Crippen LogP contribution in [0, 0.1) is 0 Å². The summed E-state index contributed by atoms with van der Waals surface area (Å²) in [6.07, 6.45) is -0.0690. The number of hydrogen-bond donors (Lipinski definition) is 1. The highest BCUT2D eigenvalue weighted by molar-refractivity contribution is 7.89. The molecule has 1 aliphatic heterocycles. The van der Waals surface area contributed by atoms with Gasteiger partial charge in [0, 0.05) is 43.7 Å². The molecule has 37 heavy (non-hydrogen) atoms. The third-order valence-electron chi connectivity index (χ3n) is 5.81. The molecule has 0 bridgehead atoms. The largest absolute Gasteiger partial charge is 0.511 e. The highest BCUT2D eigenvalue weighted by atomic mass is 32.2. The Bertz CT molecular complexity index is 1170. The molecule has 0 saturated heterocycles. The number of halogens is 6. The standard InChI is InChI=1S/C22H26F6N4O4S/c1-3-4-5-16-12-31(37(33,34)22(26,27)28)13-17-19(32(16)11-15-10-29-14-30-15)7-6-18(21(23,24)25)20(17)36-9-8-35-2/h3,6-7,10,14,16H,1,4-5,8-9,11-13H2,2H3,(H,29,30). The van der Waals surface area contributed by atoms with Gasteiger partial charge >= 0.3 is 21.7 Å². The van der Waals surface area contributed by atoms with Gasteiger partial charge in [0.1, 0.15) is 12.4 Å². The SMILES string of the molecule is C=CCCC1CN(S(=O)(=O)C(F)(F)F)Cc2c(ccc(C(F)(F)F)c2OCCOC)N1Cc1cnc[nH]1. The number of methoxy groups -OCH3 is 1. The van der Waals surface area contributed by atoms with Crippen LogP contribution in [0.5, 0.6) is 5.75 Å². The number of aromatic amines is 1. The van der Waals surface area contributed by atoms with Crippen molar-refractivity contribution < 1.29 is 44.2 Å². The normalized spacial score (nSPS) is 17.4. The minimum atomic E-state index is -5.90. The van der Waals surface area contributed by atoms with Gasteiger partial charge in [-0.25, -0.2) is 13.4 Å². The van der Waals surface area contributed by atoms with E-state index in [-0.39, 0.29) is 41.7 Å². The molecule has 1 aromatic heterocycles. The van der Waals surface area contributed by atoms with Gasteiger partial charge in [-0.05, 0) is 25.0 Å². The van der Waals surface area contributed by atoms with Crippen LogP contribution < -0.4 is 9.64 Å². The molecule has 15 heteroatoms. The van der Waals surface area contributed by atoms with Crippen molar-refractivity contribution in [3.05, 3.63) is 54.1 Å². The Morgan fingerprint density at radius 2 is 1.95 bits per heavy atom. The predicted octanol–water partition coefficient (Wildman–Crippen LogP) is 4.46. The number of anilines is 1. The highest BCUT2D eigenvalue weighted by Gasteiger charge is 2.52. The van der Waals surface area contributed by atoms with Crippen molar-refractivity contribution >= 4 is 15.7 Å². The van der Waals surface area contributed by atoms with Gasteiger partial charge < -0.3 is 19.4 Å². The fraction of sp³-hybridized carbons (Fsp3) is 0.500. The molecular formula is C22H26F6N4O4S. The van der Waals surface area contributed by atoms with Crippen molar-refractivity contribution in [3.63, 3.8) is 0 Å². The van der Waals surface area contributed by atoms with Gasteiger partial charge in [-0.2, -0.15) is 30.6 Å². The zero-order chi connectivity index (χ0) is 27.4. The molecule has 1 unspecified atom stereocenters. The van der Waals surface area contributed by atoms with Crippen LogP contribution in [0.15, 0.2) is 37.3 Å². The first-order valence-corrected chi connectivity index (χ1v) is 12.5. The number of hydrogen-bond acceptors (Lipinski definition) is 6. The van der Waals surface area contributed by atoms with Crippen LogP contribution in [0.3, 0.4) is 0 Å². The number of allylic oxidation sites excluding steroid dienone is 1. The summed E-state index contributed by atoms with van der Waals surface area (Å²) in [6.45, 7) is 1.57. The summed E-state index contributed by atoms with van der Waals surface area (Å²) in [7, 11) is -4.60. The number of ether oxygens (including phenoxy) is 2. The first-order valence-electron chi connectivity index (χ1n) is 11.1. The quantitative estimate of drug-likeness (QED) is 0.264. The van der Waals surface area contributed by atoms with Crippen molar-refractivity contribution in [1.29, 1.82) is 0 Å². The number of rotatable bonds is 10. The minimum absolute atomic E-state index is 0.0115. The number of aromatic nitrogens is 2. The second kappa shape index (κ2) is 11.3. The van der Waals surface area contributed by atoms with E-state index in [4.69, 9.17) is 9.47 Å². The average molecular weight is 557 g/mol. The summed E-state index contributed by atoms with van der Waals surface area (Å²) >= 11 is 0. The first kappa shape index (κ1) is 28.8. The summed E-state index contributed by atoms with van der Waals surface area (Å²) in [5, 5.41) is 0. The molecule has 0 aliphatic carbocycles. The molecule has 1 atom stereocenters. The average Bonchev–Trinajstić information content (AvgIpc) is 3.26. The van der Waals surface area contributed by atoms with E-state index in [2.05, 4.69) is 16.5 Å². The van der Waals surface area contributed by atoms with E-state index < -0.39 is 52.2 Å². The van der Waals surface area contributed by atoms with Crippen LogP contribution in [0.25, 0.3) is 0 Å². The van der Waals surface area contributed by atoms with Gasteiger partial charge in [-0.1, -0.05) is 6.08 Å². The molecule has 0 saturated carbocycles. The van der Waals surface area contributed by atoms with Gasteiger partial charge in [0.05, 0.1) is 30.7 Å². The summed E-state index contributed by atoms with van der Waals surface area (Å²) in [4.78, 5) is 8.34. The smallest absolute Gasteiger partial charge is 0.490 e. The molecule has 0 fully saturated rings. The van der Waals surface area contributed by atoms with Gasteiger partial charge in [-0.15, -0.1) is 6.58 Å². The Morgan fingerprint density at radius 3 is 2.51 bits per heavy atom. The van der Waals surface area contributed by atoms with Crippen molar-refractivity contribution in [1.82, 2.24) is 14.3 Å². The summed E-state index contributed by atoms with van der Waals surface area (Å²) in [5.74, 6) is -0.747. The van der Waals surface area contributed by atoms with Crippen LogP contribution in [0.1, 0.15) is 29.7 Å². The summed E-state index contributed by atoms with van der Waals surface area (Å²) in [5.41, 5.74) is -6.60.